The topological polar surface area (TPSA) is 62.7 Å². The summed E-state index contributed by atoms with van der Waals surface area (Å²) in [5.41, 5.74) is 1.20. The van der Waals surface area contributed by atoms with Crippen LogP contribution in [-0.4, -0.2) is 41.4 Å². The maximum Gasteiger partial charge on any atom is 0.335 e. The van der Waals surface area contributed by atoms with E-state index in [-0.39, 0.29) is 11.1 Å². The second-order valence-corrected chi connectivity index (χ2v) is 6.42. The van der Waals surface area contributed by atoms with Crippen molar-refractivity contribution in [3.05, 3.63) is 23.8 Å². The highest BCUT2D eigenvalue weighted by molar-refractivity contribution is 7.22. The number of thiazole rings is 1. The SMILES string of the molecule is O=C(O)c1ccc2sc(N3CCC34CCOC4)nc2c1. The van der Waals surface area contributed by atoms with Crippen LogP contribution in [0, 0.1) is 0 Å². The van der Waals surface area contributed by atoms with Gasteiger partial charge < -0.3 is 14.7 Å². The minimum Gasteiger partial charge on any atom is -0.478 e. The number of ether oxygens (including phenoxy) is 1. The van der Waals surface area contributed by atoms with Crippen molar-refractivity contribution in [2.24, 2.45) is 0 Å². The molecule has 104 valence electrons. The maximum absolute atomic E-state index is 11.0. The van der Waals surface area contributed by atoms with Gasteiger partial charge in [0.15, 0.2) is 5.13 Å². The highest BCUT2D eigenvalue weighted by atomic mass is 32.1. The highest BCUT2D eigenvalue weighted by Crippen LogP contribution is 2.43. The van der Waals surface area contributed by atoms with Gasteiger partial charge in [-0.15, -0.1) is 0 Å². The number of aromatic carboxylic acids is 1. The van der Waals surface area contributed by atoms with Crippen molar-refractivity contribution in [1.29, 1.82) is 0 Å². The van der Waals surface area contributed by atoms with E-state index >= 15 is 0 Å². The normalized spacial score (nSPS) is 25.3. The number of benzene rings is 1. The van der Waals surface area contributed by atoms with Crippen LogP contribution in [0.2, 0.25) is 0 Å². The molecule has 0 aliphatic carbocycles. The fourth-order valence-electron chi connectivity index (χ4n) is 3.01. The molecule has 4 rings (SSSR count). The molecule has 1 spiro atoms. The van der Waals surface area contributed by atoms with Gasteiger partial charge >= 0.3 is 5.97 Å². The Morgan fingerprint density at radius 2 is 2.35 bits per heavy atom. The van der Waals surface area contributed by atoms with Crippen molar-refractivity contribution in [1.82, 2.24) is 4.98 Å². The Kier molecular flexibility index (Phi) is 2.52. The van der Waals surface area contributed by atoms with Gasteiger partial charge in [-0.2, -0.15) is 0 Å². The van der Waals surface area contributed by atoms with Gasteiger partial charge in [-0.05, 0) is 31.0 Å². The summed E-state index contributed by atoms with van der Waals surface area (Å²) in [6, 6.07) is 5.13. The molecule has 2 fully saturated rings. The summed E-state index contributed by atoms with van der Waals surface area (Å²) in [6.07, 6.45) is 2.21. The first-order chi connectivity index (χ1) is 9.68. The highest BCUT2D eigenvalue weighted by Gasteiger charge is 2.48. The van der Waals surface area contributed by atoms with Crippen molar-refractivity contribution in [2.45, 2.75) is 18.4 Å². The molecule has 0 saturated carbocycles. The Bertz CT molecular complexity index is 691. The molecule has 0 bridgehead atoms. The molecule has 1 atom stereocenters. The molecule has 0 amide bonds. The van der Waals surface area contributed by atoms with Crippen LogP contribution < -0.4 is 4.90 Å². The Labute approximate surface area is 119 Å². The molecule has 2 aliphatic rings. The third-order valence-corrected chi connectivity index (χ3v) is 5.37. The Hall–Kier alpha value is -1.66. The van der Waals surface area contributed by atoms with Crippen molar-refractivity contribution >= 4 is 32.7 Å². The molecule has 5 nitrogen and oxygen atoms in total. The van der Waals surface area contributed by atoms with Crippen LogP contribution in [0.5, 0.6) is 0 Å². The van der Waals surface area contributed by atoms with Crippen LogP contribution in [-0.2, 0) is 4.74 Å². The third kappa shape index (κ3) is 1.65. The quantitative estimate of drug-likeness (QED) is 0.920. The van der Waals surface area contributed by atoms with Crippen molar-refractivity contribution in [2.75, 3.05) is 24.7 Å². The van der Waals surface area contributed by atoms with E-state index in [0.717, 1.165) is 47.9 Å². The zero-order valence-corrected chi connectivity index (χ0v) is 11.7. The molecule has 1 aromatic carbocycles. The van der Waals surface area contributed by atoms with E-state index in [4.69, 9.17) is 9.84 Å². The summed E-state index contributed by atoms with van der Waals surface area (Å²) < 4.78 is 6.57. The van der Waals surface area contributed by atoms with Gasteiger partial charge in [0.05, 0.1) is 27.9 Å². The van der Waals surface area contributed by atoms with Gasteiger partial charge in [0.1, 0.15) is 0 Å². The van der Waals surface area contributed by atoms with E-state index in [1.807, 2.05) is 6.07 Å². The van der Waals surface area contributed by atoms with Gasteiger partial charge in [-0.1, -0.05) is 11.3 Å². The number of aromatic nitrogens is 1. The largest absolute Gasteiger partial charge is 0.478 e. The first-order valence-electron chi connectivity index (χ1n) is 6.67. The minimum atomic E-state index is -0.911. The summed E-state index contributed by atoms with van der Waals surface area (Å²) in [6.45, 7) is 2.61. The number of carboxylic acid groups (broad SMARTS) is 1. The number of anilines is 1. The average molecular weight is 290 g/mol. The standard InChI is InChI=1S/C14H14N2O3S/c17-12(18)9-1-2-11-10(7-9)15-13(20-11)16-5-3-14(16)4-6-19-8-14/h1-2,7H,3-6,8H2,(H,17,18). The lowest BCUT2D eigenvalue weighted by atomic mass is 9.85. The number of carboxylic acids is 1. The lowest BCUT2D eigenvalue weighted by Crippen LogP contribution is -2.60. The van der Waals surface area contributed by atoms with Crippen LogP contribution >= 0.6 is 11.3 Å². The fraction of sp³-hybridized carbons (Fsp3) is 0.429. The zero-order chi connectivity index (χ0) is 13.7. The van der Waals surface area contributed by atoms with E-state index in [1.165, 1.54) is 0 Å². The first-order valence-corrected chi connectivity index (χ1v) is 7.49. The molecule has 0 radical (unpaired) electrons. The third-order valence-electron chi connectivity index (χ3n) is 4.31. The Morgan fingerprint density at radius 1 is 1.45 bits per heavy atom. The molecule has 6 heteroatoms. The Morgan fingerprint density at radius 3 is 3.00 bits per heavy atom. The molecule has 3 heterocycles. The van der Waals surface area contributed by atoms with E-state index in [9.17, 15) is 4.79 Å². The number of rotatable bonds is 2. The second kappa shape index (κ2) is 4.17. The lowest BCUT2D eigenvalue weighted by Gasteiger charge is -2.49. The van der Waals surface area contributed by atoms with Gasteiger partial charge in [0.25, 0.3) is 0 Å². The van der Waals surface area contributed by atoms with Gasteiger partial charge in [0.2, 0.25) is 0 Å². The van der Waals surface area contributed by atoms with E-state index < -0.39 is 5.97 Å². The second-order valence-electron chi connectivity index (χ2n) is 5.41. The lowest BCUT2D eigenvalue weighted by molar-refractivity contribution is 0.0697. The number of carbonyl (C=O) groups is 1. The molecule has 20 heavy (non-hydrogen) atoms. The summed E-state index contributed by atoms with van der Waals surface area (Å²) in [7, 11) is 0. The maximum atomic E-state index is 11.0. The fourth-order valence-corrected chi connectivity index (χ4v) is 4.09. The molecule has 2 aromatic rings. The smallest absolute Gasteiger partial charge is 0.335 e. The predicted molar refractivity (Wildman–Crippen MR) is 76.7 cm³/mol. The first kappa shape index (κ1) is 12.1. The molecule has 2 saturated heterocycles. The summed E-state index contributed by atoms with van der Waals surface area (Å²) in [5, 5.41) is 10.0. The minimum absolute atomic E-state index is 0.142. The Balaban J connectivity index is 1.72. The van der Waals surface area contributed by atoms with Gasteiger partial charge in [-0.25, -0.2) is 9.78 Å². The monoisotopic (exact) mass is 290 g/mol. The number of nitrogens with zero attached hydrogens (tertiary/aromatic N) is 2. The van der Waals surface area contributed by atoms with Gasteiger partial charge in [0, 0.05) is 13.2 Å². The van der Waals surface area contributed by atoms with Crippen molar-refractivity contribution in [3.63, 3.8) is 0 Å². The molecular formula is C14H14N2O3S. The molecule has 1 N–H and O–H groups in total. The number of fused-ring (bicyclic) bond motifs is 1. The van der Waals surface area contributed by atoms with Crippen LogP contribution in [0.1, 0.15) is 23.2 Å². The summed E-state index contributed by atoms with van der Waals surface area (Å²) in [5.74, 6) is -0.911. The van der Waals surface area contributed by atoms with E-state index in [2.05, 4.69) is 9.88 Å². The van der Waals surface area contributed by atoms with E-state index in [0.29, 0.717) is 0 Å². The molecule has 1 aromatic heterocycles. The summed E-state index contributed by atoms with van der Waals surface area (Å²) in [4.78, 5) is 18.0. The predicted octanol–water partition coefficient (Wildman–Crippen LogP) is 2.36. The van der Waals surface area contributed by atoms with Crippen molar-refractivity contribution < 1.29 is 14.6 Å². The van der Waals surface area contributed by atoms with Crippen LogP contribution in [0.15, 0.2) is 18.2 Å². The van der Waals surface area contributed by atoms with E-state index in [1.54, 1.807) is 23.5 Å². The van der Waals surface area contributed by atoms with Crippen LogP contribution in [0.4, 0.5) is 5.13 Å². The zero-order valence-electron chi connectivity index (χ0n) is 10.8. The number of hydrogen-bond donors (Lipinski definition) is 1. The van der Waals surface area contributed by atoms with Gasteiger partial charge in [-0.3, -0.25) is 0 Å². The summed E-state index contributed by atoms with van der Waals surface area (Å²) >= 11 is 1.63. The molecular weight excluding hydrogens is 276 g/mol. The average Bonchev–Trinajstić information content (AvgIpc) is 3.04. The van der Waals surface area contributed by atoms with Crippen LogP contribution in [0.3, 0.4) is 0 Å². The van der Waals surface area contributed by atoms with Crippen molar-refractivity contribution in [3.8, 4) is 0 Å². The molecule has 2 aliphatic heterocycles. The number of hydrogen-bond acceptors (Lipinski definition) is 5. The molecule has 1 unspecified atom stereocenters. The van der Waals surface area contributed by atoms with Crippen LogP contribution in [0.25, 0.3) is 10.2 Å².